The van der Waals surface area contributed by atoms with Gasteiger partial charge in [0, 0.05) is 12.6 Å². The van der Waals surface area contributed by atoms with Crippen molar-refractivity contribution in [3.63, 3.8) is 0 Å². The summed E-state index contributed by atoms with van der Waals surface area (Å²) in [5, 5.41) is 2.72. The molecule has 25 heavy (non-hydrogen) atoms. The van der Waals surface area contributed by atoms with E-state index in [0.29, 0.717) is 18.7 Å². The van der Waals surface area contributed by atoms with Crippen LogP contribution in [0.2, 0.25) is 0 Å². The lowest BCUT2D eigenvalue weighted by molar-refractivity contribution is -0.131. The Morgan fingerprint density at radius 1 is 1.12 bits per heavy atom. The molecule has 2 aromatic rings. The molecular weight excluding hydrogens is 316 g/mol. The zero-order valence-electron chi connectivity index (χ0n) is 14.9. The number of rotatable bonds is 7. The SMILES string of the molecule is Cc1cccc(OCCN(C)C(=O)C(C)NC(=O)c2ccccc2)c1. The Labute approximate surface area is 148 Å². The number of hydrogen-bond donors (Lipinski definition) is 1. The van der Waals surface area contributed by atoms with E-state index in [0.717, 1.165) is 11.3 Å². The first-order chi connectivity index (χ1) is 12.0. The molecule has 1 N–H and O–H groups in total. The molecule has 0 radical (unpaired) electrons. The number of ether oxygens (including phenoxy) is 1. The van der Waals surface area contributed by atoms with E-state index in [1.807, 2.05) is 37.3 Å². The molecule has 0 heterocycles. The fraction of sp³-hybridized carbons (Fsp3) is 0.300. The summed E-state index contributed by atoms with van der Waals surface area (Å²) in [5.74, 6) is 0.370. The molecule has 0 aliphatic rings. The van der Waals surface area contributed by atoms with Crippen LogP contribution in [0.4, 0.5) is 0 Å². The van der Waals surface area contributed by atoms with E-state index in [9.17, 15) is 9.59 Å². The molecular formula is C20H24N2O3. The predicted molar refractivity (Wildman–Crippen MR) is 97.7 cm³/mol. The summed E-state index contributed by atoms with van der Waals surface area (Å²) in [7, 11) is 1.70. The maximum Gasteiger partial charge on any atom is 0.251 e. The summed E-state index contributed by atoms with van der Waals surface area (Å²) in [4.78, 5) is 26.0. The van der Waals surface area contributed by atoms with Crippen molar-refractivity contribution in [1.82, 2.24) is 10.2 Å². The van der Waals surface area contributed by atoms with Crippen molar-refractivity contribution >= 4 is 11.8 Å². The fourth-order valence-corrected chi connectivity index (χ4v) is 2.38. The molecule has 0 saturated carbocycles. The minimum atomic E-state index is -0.600. The highest BCUT2D eigenvalue weighted by Gasteiger charge is 2.19. The van der Waals surface area contributed by atoms with Crippen LogP contribution in [0.3, 0.4) is 0 Å². The summed E-state index contributed by atoms with van der Waals surface area (Å²) in [5.41, 5.74) is 1.66. The molecule has 132 valence electrons. The zero-order chi connectivity index (χ0) is 18.2. The van der Waals surface area contributed by atoms with Gasteiger partial charge in [-0.25, -0.2) is 0 Å². The molecule has 5 heteroatoms. The Morgan fingerprint density at radius 3 is 2.52 bits per heavy atom. The van der Waals surface area contributed by atoms with E-state index >= 15 is 0 Å². The normalized spacial score (nSPS) is 11.5. The maximum absolute atomic E-state index is 12.4. The maximum atomic E-state index is 12.4. The fourth-order valence-electron chi connectivity index (χ4n) is 2.38. The number of benzene rings is 2. The van der Waals surface area contributed by atoms with Crippen molar-refractivity contribution in [1.29, 1.82) is 0 Å². The van der Waals surface area contributed by atoms with Gasteiger partial charge in [0.15, 0.2) is 0 Å². The molecule has 0 saturated heterocycles. The van der Waals surface area contributed by atoms with Crippen LogP contribution in [0, 0.1) is 6.92 Å². The number of aryl methyl sites for hydroxylation is 1. The van der Waals surface area contributed by atoms with Crippen molar-refractivity contribution in [3.8, 4) is 5.75 Å². The first kappa shape index (κ1) is 18.5. The first-order valence-electron chi connectivity index (χ1n) is 8.27. The van der Waals surface area contributed by atoms with E-state index in [1.165, 1.54) is 0 Å². The van der Waals surface area contributed by atoms with E-state index in [4.69, 9.17) is 4.74 Å². The highest BCUT2D eigenvalue weighted by atomic mass is 16.5. The van der Waals surface area contributed by atoms with Crippen LogP contribution < -0.4 is 10.1 Å². The van der Waals surface area contributed by atoms with Gasteiger partial charge in [-0.3, -0.25) is 9.59 Å². The number of hydrogen-bond acceptors (Lipinski definition) is 3. The molecule has 2 amide bonds. The summed E-state index contributed by atoms with van der Waals surface area (Å²) in [6.07, 6.45) is 0. The van der Waals surface area contributed by atoms with Gasteiger partial charge in [-0.1, -0.05) is 30.3 Å². The van der Waals surface area contributed by atoms with E-state index < -0.39 is 6.04 Å². The molecule has 2 aromatic carbocycles. The molecule has 0 aliphatic carbocycles. The van der Waals surface area contributed by atoms with Crippen LogP contribution in [0.15, 0.2) is 54.6 Å². The lowest BCUT2D eigenvalue weighted by Crippen LogP contribution is -2.46. The average molecular weight is 340 g/mol. The standard InChI is InChI=1S/C20H24N2O3/c1-15-8-7-11-18(14-15)25-13-12-22(3)20(24)16(2)21-19(23)17-9-5-4-6-10-17/h4-11,14,16H,12-13H2,1-3H3,(H,21,23). The van der Waals surface area contributed by atoms with Gasteiger partial charge in [0.05, 0.1) is 6.54 Å². The Bertz CT molecular complexity index is 716. The molecule has 1 atom stereocenters. The molecule has 5 nitrogen and oxygen atoms in total. The third-order valence-electron chi connectivity index (χ3n) is 3.82. The van der Waals surface area contributed by atoms with Gasteiger partial charge in [-0.15, -0.1) is 0 Å². The topological polar surface area (TPSA) is 58.6 Å². The number of nitrogens with one attached hydrogen (secondary N) is 1. The van der Waals surface area contributed by atoms with Gasteiger partial charge in [-0.2, -0.15) is 0 Å². The minimum absolute atomic E-state index is 0.155. The van der Waals surface area contributed by atoms with Crippen molar-refractivity contribution in [2.75, 3.05) is 20.2 Å². The van der Waals surface area contributed by atoms with Gasteiger partial charge in [0.1, 0.15) is 18.4 Å². The van der Waals surface area contributed by atoms with Gasteiger partial charge in [0.25, 0.3) is 5.91 Å². The number of amides is 2. The smallest absolute Gasteiger partial charge is 0.251 e. The Balaban J connectivity index is 1.79. The lowest BCUT2D eigenvalue weighted by Gasteiger charge is -2.22. The third kappa shape index (κ3) is 5.64. The second-order valence-electron chi connectivity index (χ2n) is 5.99. The van der Waals surface area contributed by atoms with E-state index in [2.05, 4.69) is 5.32 Å². The van der Waals surface area contributed by atoms with Crippen LogP contribution in [0.5, 0.6) is 5.75 Å². The van der Waals surface area contributed by atoms with Crippen LogP contribution in [0.25, 0.3) is 0 Å². The number of carbonyl (C=O) groups is 2. The van der Waals surface area contributed by atoms with Gasteiger partial charge in [0.2, 0.25) is 5.91 Å². The average Bonchev–Trinajstić information content (AvgIpc) is 2.61. The van der Waals surface area contributed by atoms with Gasteiger partial charge >= 0.3 is 0 Å². The largest absolute Gasteiger partial charge is 0.492 e. The molecule has 1 unspecified atom stereocenters. The minimum Gasteiger partial charge on any atom is -0.492 e. The summed E-state index contributed by atoms with van der Waals surface area (Å²) in [6.45, 7) is 4.52. The predicted octanol–water partition coefficient (Wildman–Crippen LogP) is 2.65. The lowest BCUT2D eigenvalue weighted by atomic mass is 10.2. The Morgan fingerprint density at radius 2 is 1.84 bits per heavy atom. The van der Waals surface area contributed by atoms with Crippen molar-refractivity contribution in [2.24, 2.45) is 0 Å². The molecule has 0 bridgehead atoms. The zero-order valence-corrected chi connectivity index (χ0v) is 14.9. The van der Waals surface area contributed by atoms with Crippen molar-refractivity contribution in [3.05, 3.63) is 65.7 Å². The number of nitrogens with zero attached hydrogens (tertiary/aromatic N) is 1. The third-order valence-corrected chi connectivity index (χ3v) is 3.82. The van der Waals surface area contributed by atoms with Gasteiger partial charge < -0.3 is 15.0 Å². The molecule has 0 aromatic heterocycles. The molecule has 0 aliphatic heterocycles. The first-order valence-corrected chi connectivity index (χ1v) is 8.27. The van der Waals surface area contributed by atoms with Crippen molar-refractivity contribution < 1.29 is 14.3 Å². The van der Waals surface area contributed by atoms with Gasteiger partial charge in [-0.05, 0) is 43.7 Å². The van der Waals surface area contributed by atoms with Crippen LogP contribution in [-0.4, -0.2) is 43.0 Å². The second kappa shape index (κ2) is 8.87. The summed E-state index contributed by atoms with van der Waals surface area (Å²) >= 11 is 0. The summed E-state index contributed by atoms with van der Waals surface area (Å²) in [6, 6.07) is 16.0. The highest BCUT2D eigenvalue weighted by molar-refractivity contribution is 5.97. The Hall–Kier alpha value is -2.82. The summed E-state index contributed by atoms with van der Waals surface area (Å²) < 4.78 is 5.66. The number of likely N-dealkylation sites (N-methyl/N-ethyl adjacent to an activating group) is 1. The highest BCUT2D eigenvalue weighted by Crippen LogP contribution is 2.12. The number of carbonyl (C=O) groups excluding carboxylic acids is 2. The van der Waals surface area contributed by atoms with E-state index in [-0.39, 0.29) is 11.8 Å². The van der Waals surface area contributed by atoms with Crippen molar-refractivity contribution in [2.45, 2.75) is 19.9 Å². The quantitative estimate of drug-likeness (QED) is 0.843. The van der Waals surface area contributed by atoms with Crippen LogP contribution in [-0.2, 0) is 4.79 Å². The van der Waals surface area contributed by atoms with E-state index in [1.54, 1.807) is 43.1 Å². The molecule has 2 rings (SSSR count). The van der Waals surface area contributed by atoms with Crippen LogP contribution >= 0.6 is 0 Å². The second-order valence-corrected chi connectivity index (χ2v) is 5.99. The van der Waals surface area contributed by atoms with Crippen LogP contribution in [0.1, 0.15) is 22.8 Å². The molecule has 0 fully saturated rings. The molecule has 0 spiro atoms. The monoisotopic (exact) mass is 340 g/mol. The Kier molecular flexibility index (Phi) is 6.57.